The number of hydrogen-bond acceptors (Lipinski definition) is 5. The molecule has 0 amide bonds. The molecule has 1 saturated carbocycles. The highest BCUT2D eigenvalue weighted by atomic mass is 35.7. The van der Waals surface area contributed by atoms with Gasteiger partial charge < -0.3 is 5.32 Å². The van der Waals surface area contributed by atoms with Gasteiger partial charge in [0, 0.05) is 35.0 Å². The first-order valence-corrected chi connectivity index (χ1v) is 11.9. The minimum absolute atomic E-state index is 0.619. The maximum Gasteiger partial charge on any atom is 0.240 e. The van der Waals surface area contributed by atoms with E-state index in [4.69, 9.17) is 18.6 Å². The molecule has 158 valence electrons. The summed E-state index contributed by atoms with van der Waals surface area (Å²) >= 11 is 1.86. The summed E-state index contributed by atoms with van der Waals surface area (Å²) < 4.78 is 34.0. The maximum absolute atomic E-state index is 8.49. The Hall–Kier alpha value is -2.06. The number of benzene rings is 2. The van der Waals surface area contributed by atoms with Crippen LogP contribution in [0.3, 0.4) is 0 Å². The first-order chi connectivity index (χ1) is 14.4. The van der Waals surface area contributed by atoms with Gasteiger partial charge in [0.1, 0.15) is 0 Å². The van der Waals surface area contributed by atoms with Crippen LogP contribution in [0.1, 0.15) is 32.1 Å². The van der Waals surface area contributed by atoms with Crippen LogP contribution in [-0.4, -0.2) is 6.04 Å². The molecule has 0 saturated heterocycles. The van der Waals surface area contributed by atoms with Gasteiger partial charge >= 0.3 is 0 Å². The summed E-state index contributed by atoms with van der Waals surface area (Å²) in [5.74, 6) is 0. The molecular weight excluding hydrogens is 422 g/mol. The van der Waals surface area contributed by atoms with Gasteiger partial charge in [0.05, 0.1) is 0 Å². The molecule has 1 aliphatic rings. The van der Waals surface area contributed by atoms with Crippen molar-refractivity contribution < 1.29 is 28.9 Å². The highest BCUT2D eigenvalue weighted by molar-refractivity contribution is 7.18. The topological polar surface area (TPSA) is 104 Å². The van der Waals surface area contributed by atoms with Crippen LogP contribution in [0.2, 0.25) is 0 Å². The van der Waals surface area contributed by atoms with Gasteiger partial charge in [-0.25, -0.2) is 18.6 Å². The zero-order chi connectivity index (χ0) is 21.4. The molecule has 4 rings (SSSR count). The van der Waals surface area contributed by atoms with E-state index in [1.54, 1.807) is 0 Å². The van der Waals surface area contributed by atoms with Crippen molar-refractivity contribution in [3.63, 3.8) is 0 Å². The predicted molar refractivity (Wildman–Crippen MR) is 110 cm³/mol. The Balaban J connectivity index is 0.000000461. The van der Waals surface area contributed by atoms with Gasteiger partial charge in [0.25, 0.3) is 0 Å². The molecule has 1 aromatic heterocycles. The van der Waals surface area contributed by atoms with Crippen LogP contribution in [0.5, 0.6) is 0 Å². The van der Waals surface area contributed by atoms with Crippen LogP contribution in [-0.2, 0) is 0 Å². The predicted octanol–water partition coefficient (Wildman–Crippen LogP) is 2.35. The van der Waals surface area contributed by atoms with Gasteiger partial charge in [-0.1, -0.05) is 55.7 Å². The first-order valence-electron chi connectivity index (χ1n) is 9.86. The van der Waals surface area contributed by atoms with Gasteiger partial charge in [-0.15, -0.1) is 10.2 Å². The second-order valence-electron chi connectivity index (χ2n) is 7.16. The number of halogens is 1. The van der Waals surface area contributed by atoms with Gasteiger partial charge in [-0.3, -0.25) is 0 Å². The average Bonchev–Trinajstić information content (AvgIpc) is 2.74. The van der Waals surface area contributed by atoms with E-state index in [1.807, 2.05) is 11.3 Å². The molecule has 0 spiro atoms. The van der Waals surface area contributed by atoms with E-state index in [9.17, 15) is 0 Å². The maximum atomic E-state index is 8.49. The van der Waals surface area contributed by atoms with Crippen LogP contribution in [0.15, 0.2) is 72.8 Å². The SMILES string of the molecule is [O-][Cl+3]([O-])([O-])[O-].c1ccc(-c2cc(NC3CCCCC3)cc(-c3ccccc3)[s+]2)cc1. The average molecular weight is 446 g/mol. The van der Waals surface area contributed by atoms with Crippen molar-refractivity contribution in [3.8, 4) is 20.9 Å². The van der Waals surface area contributed by atoms with Crippen LogP contribution < -0.4 is 24.0 Å². The molecule has 1 N–H and O–H groups in total. The summed E-state index contributed by atoms with van der Waals surface area (Å²) in [5.41, 5.74) is 3.83. The Bertz CT molecular complexity index is 850. The molecule has 1 heterocycles. The molecule has 0 atom stereocenters. The minimum atomic E-state index is -4.94. The van der Waals surface area contributed by atoms with E-state index < -0.39 is 10.2 Å². The lowest BCUT2D eigenvalue weighted by Gasteiger charge is -2.23. The fourth-order valence-corrected chi connectivity index (χ4v) is 4.67. The molecular formula is C23H24ClNO4S. The summed E-state index contributed by atoms with van der Waals surface area (Å²) in [5, 5.41) is 3.81. The third-order valence-corrected chi connectivity index (χ3v) is 6.03. The van der Waals surface area contributed by atoms with Crippen molar-refractivity contribution >= 4 is 17.0 Å². The summed E-state index contributed by atoms with van der Waals surface area (Å²) in [6, 6.07) is 26.7. The van der Waals surface area contributed by atoms with Crippen molar-refractivity contribution in [1.29, 1.82) is 0 Å². The van der Waals surface area contributed by atoms with Gasteiger partial charge in [0.15, 0.2) is 0 Å². The Morgan fingerprint density at radius 2 is 1.13 bits per heavy atom. The van der Waals surface area contributed by atoms with Crippen molar-refractivity contribution in [1.82, 2.24) is 0 Å². The van der Waals surface area contributed by atoms with E-state index in [2.05, 4.69) is 78.1 Å². The van der Waals surface area contributed by atoms with Gasteiger partial charge in [0.2, 0.25) is 21.1 Å². The summed E-state index contributed by atoms with van der Waals surface area (Å²) in [7, 11) is -4.94. The number of anilines is 1. The molecule has 2 aromatic carbocycles. The quantitative estimate of drug-likeness (QED) is 0.620. The monoisotopic (exact) mass is 445 g/mol. The fraction of sp³-hybridized carbons (Fsp3) is 0.261. The lowest BCUT2D eigenvalue weighted by Crippen LogP contribution is -2.68. The van der Waals surface area contributed by atoms with Gasteiger partial charge in [-0.2, -0.15) is 0 Å². The standard InChI is InChI=1S/C23H24NS.ClHO4/c1-4-10-18(11-5-1)22-16-21(24-20-14-8-3-9-15-20)17-23(25-22)19-12-6-2-7-13-19;2-1(3,4)5/h1-2,4-7,10-13,16-17,20,24H,3,8-9,14-15H2;(H,2,3,4,5)/q+1;/p-1. The molecule has 1 fully saturated rings. The smallest absolute Gasteiger partial charge is 0.240 e. The molecule has 7 heteroatoms. The van der Waals surface area contributed by atoms with E-state index in [-0.39, 0.29) is 0 Å². The molecule has 30 heavy (non-hydrogen) atoms. The molecule has 5 nitrogen and oxygen atoms in total. The highest BCUT2D eigenvalue weighted by Gasteiger charge is 2.20. The molecule has 0 bridgehead atoms. The van der Waals surface area contributed by atoms with Crippen LogP contribution >= 0.6 is 11.3 Å². The number of rotatable bonds is 4. The third-order valence-electron chi connectivity index (χ3n) is 4.89. The van der Waals surface area contributed by atoms with Crippen molar-refractivity contribution in [3.05, 3.63) is 72.8 Å². The first kappa shape index (κ1) is 22.6. The van der Waals surface area contributed by atoms with E-state index in [0.29, 0.717) is 6.04 Å². The van der Waals surface area contributed by atoms with Crippen molar-refractivity contribution in [2.75, 3.05) is 5.32 Å². The van der Waals surface area contributed by atoms with Crippen LogP contribution in [0.4, 0.5) is 5.69 Å². The Morgan fingerprint density at radius 1 is 0.700 bits per heavy atom. The van der Waals surface area contributed by atoms with Crippen LogP contribution in [0, 0.1) is 10.2 Å². The molecule has 0 unspecified atom stereocenters. The van der Waals surface area contributed by atoms with E-state index in [0.717, 1.165) is 0 Å². The fourth-order valence-electron chi connectivity index (χ4n) is 3.56. The van der Waals surface area contributed by atoms with Crippen LogP contribution in [0.25, 0.3) is 20.9 Å². The third kappa shape index (κ3) is 7.65. The summed E-state index contributed by atoms with van der Waals surface area (Å²) in [4.78, 5) is 2.64. The Morgan fingerprint density at radius 3 is 1.57 bits per heavy atom. The molecule has 0 aliphatic heterocycles. The molecule has 1 aliphatic carbocycles. The van der Waals surface area contributed by atoms with E-state index >= 15 is 0 Å². The van der Waals surface area contributed by atoms with Gasteiger partial charge in [-0.05, 0) is 37.1 Å². The zero-order valence-corrected chi connectivity index (χ0v) is 18.0. The Kier molecular flexibility index (Phi) is 8.16. The molecule has 0 radical (unpaired) electrons. The highest BCUT2D eigenvalue weighted by Crippen LogP contribution is 2.36. The van der Waals surface area contributed by atoms with Crippen molar-refractivity contribution in [2.45, 2.75) is 38.1 Å². The zero-order valence-electron chi connectivity index (χ0n) is 16.5. The second kappa shape index (κ2) is 10.8. The molecule has 3 aromatic rings. The van der Waals surface area contributed by atoms with E-state index in [1.165, 1.54) is 58.7 Å². The second-order valence-corrected chi connectivity index (χ2v) is 9.00. The summed E-state index contributed by atoms with van der Waals surface area (Å²) in [6.45, 7) is 0. The normalized spacial score (nSPS) is 14.5. The minimum Gasteiger partial charge on any atom is -0.382 e. The lowest BCUT2D eigenvalue weighted by atomic mass is 9.95. The summed E-state index contributed by atoms with van der Waals surface area (Å²) in [6.07, 6.45) is 6.67. The lowest BCUT2D eigenvalue weighted by molar-refractivity contribution is -2.00. The number of hydrogen-bond donors (Lipinski definition) is 1. The van der Waals surface area contributed by atoms with Crippen molar-refractivity contribution in [2.24, 2.45) is 0 Å². The largest absolute Gasteiger partial charge is 0.382 e. The number of nitrogens with one attached hydrogen (secondary N) is 1. The Labute approximate surface area is 183 Å².